The van der Waals surface area contributed by atoms with Crippen LogP contribution in [0, 0.1) is 0 Å². The monoisotopic (exact) mass is 366 g/mol. The van der Waals surface area contributed by atoms with Gasteiger partial charge in [-0.3, -0.25) is 14.7 Å². The second-order valence-corrected chi connectivity index (χ2v) is 5.88. The fourth-order valence-corrected chi connectivity index (χ4v) is 2.60. The molecular weight excluding hydrogens is 337 g/mol. The number of aliphatic imine (C=N–C) groups is 1. The van der Waals surface area contributed by atoms with Crippen LogP contribution in [-0.2, 0) is 9.53 Å². The predicted molar refractivity (Wildman–Crippen MR) is 90.5 cm³/mol. The van der Waals surface area contributed by atoms with Crippen molar-refractivity contribution in [1.82, 2.24) is 15.1 Å². The minimum atomic E-state index is -4.20. The summed E-state index contributed by atoms with van der Waals surface area (Å²) in [5.41, 5.74) is 0. The molecule has 0 saturated carbocycles. The Morgan fingerprint density at radius 2 is 1.88 bits per heavy atom. The summed E-state index contributed by atoms with van der Waals surface area (Å²) in [6.45, 7) is 8.08. The van der Waals surface area contributed by atoms with Crippen molar-refractivity contribution >= 4 is 11.9 Å². The topological polar surface area (TPSA) is 57.2 Å². The highest BCUT2D eigenvalue weighted by Gasteiger charge is 2.41. The number of esters is 1. The number of hydrogen-bond acceptors (Lipinski definition) is 4. The van der Waals surface area contributed by atoms with Gasteiger partial charge in [-0.25, -0.2) is 0 Å². The number of ether oxygens (including phenoxy) is 1. The zero-order chi connectivity index (χ0) is 18.9. The third kappa shape index (κ3) is 7.50. The number of rotatable bonds is 7. The van der Waals surface area contributed by atoms with Crippen LogP contribution in [0.25, 0.3) is 0 Å². The van der Waals surface area contributed by atoms with Crippen LogP contribution < -0.4 is 5.32 Å². The second-order valence-electron chi connectivity index (χ2n) is 5.88. The first-order valence-electron chi connectivity index (χ1n) is 8.79. The predicted octanol–water partition coefficient (Wildman–Crippen LogP) is 1.86. The molecule has 1 rings (SSSR count). The zero-order valence-electron chi connectivity index (χ0n) is 15.2. The lowest BCUT2D eigenvalue weighted by Crippen LogP contribution is -2.56. The van der Waals surface area contributed by atoms with Crippen LogP contribution >= 0.6 is 0 Å². The first-order valence-corrected chi connectivity index (χ1v) is 8.79. The summed E-state index contributed by atoms with van der Waals surface area (Å²) in [4.78, 5) is 19.2. The maximum Gasteiger partial charge on any atom is 0.403 e. The van der Waals surface area contributed by atoms with E-state index < -0.39 is 12.2 Å². The second kappa shape index (κ2) is 10.5. The van der Waals surface area contributed by atoms with Crippen LogP contribution in [0.15, 0.2) is 4.99 Å². The molecule has 0 bridgehead atoms. The number of nitrogens with one attached hydrogen (secondary N) is 1. The van der Waals surface area contributed by atoms with Crippen molar-refractivity contribution in [3.05, 3.63) is 0 Å². The molecule has 25 heavy (non-hydrogen) atoms. The Morgan fingerprint density at radius 3 is 2.40 bits per heavy atom. The summed E-state index contributed by atoms with van der Waals surface area (Å²) in [5, 5.41) is 3.16. The van der Waals surface area contributed by atoms with Crippen molar-refractivity contribution in [2.75, 3.05) is 45.9 Å². The normalized spacial score (nSPS) is 18.2. The van der Waals surface area contributed by atoms with E-state index in [1.165, 1.54) is 11.8 Å². The average Bonchev–Trinajstić information content (AvgIpc) is 2.56. The molecule has 1 unspecified atom stereocenters. The van der Waals surface area contributed by atoms with E-state index in [2.05, 4.69) is 10.3 Å². The summed E-state index contributed by atoms with van der Waals surface area (Å²) >= 11 is 0. The highest BCUT2D eigenvalue weighted by Crippen LogP contribution is 2.25. The minimum absolute atomic E-state index is 0.238. The number of halogens is 3. The van der Waals surface area contributed by atoms with Gasteiger partial charge in [0.2, 0.25) is 0 Å². The van der Waals surface area contributed by atoms with E-state index in [-0.39, 0.29) is 5.97 Å². The molecule has 0 aromatic carbocycles. The molecule has 1 fully saturated rings. The number of carbonyl (C=O) groups is 1. The summed E-state index contributed by atoms with van der Waals surface area (Å²) in [5.74, 6) is 0.447. The molecule has 0 aromatic rings. The molecule has 1 aliphatic heterocycles. The van der Waals surface area contributed by atoms with Crippen LogP contribution in [-0.4, -0.2) is 79.8 Å². The maximum absolute atomic E-state index is 12.8. The van der Waals surface area contributed by atoms with Crippen molar-refractivity contribution in [2.45, 2.75) is 45.8 Å². The fraction of sp³-hybridized carbons (Fsp3) is 0.875. The number of hydrogen-bond donors (Lipinski definition) is 1. The molecule has 0 spiro atoms. The Labute approximate surface area is 147 Å². The smallest absolute Gasteiger partial charge is 0.403 e. The Morgan fingerprint density at radius 1 is 1.24 bits per heavy atom. The van der Waals surface area contributed by atoms with Gasteiger partial charge in [-0.2, -0.15) is 13.2 Å². The molecule has 6 nitrogen and oxygen atoms in total. The largest absolute Gasteiger partial charge is 0.466 e. The van der Waals surface area contributed by atoms with Crippen LogP contribution in [0.1, 0.15) is 33.6 Å². The average molecular weight is 366 g/mol. The SMILES string of the molecule is CCNC(=NCCCC(=O)OCC)N1CCN(C(C)C(F)(F)F)CC1. The van der Waals surface area contributed by atoms with Crippen molar-refractivity contribution in [2.24, 2.45) is 4.99 Å². The number of guanidine groups is 1. The first kappa shape index (κ1) is 21.5. The summed E-state index contributed by atoms with van der Waals surface area (Å²) < 4.78 is 43.3. The highest BCUT2D eigenvalue weighted by molar-refractivity contribution is 5.80. The van der Waals surface area contributed by atoms with Crippen molar-refractivity contribution in [1.29, 1.82) is 0 Å². The van der Waals surface area contributed by atoms with E-state index in [0.29, 0.717) is 64.7 Å². The van der Waals surface area contributed by atoms with E-state index in [4.69, 9.17) is 4.74 Å². The van der Waals surface area contributed by atoms with E-state index in [0.717, 1.165) is 0 Å². The molecule has 1 N–H and O–H groups in total. The van der Waals surface area contributed by atoms with Crippen LogP contribution in [0.2, 0.25) is 0 Å². The van der Waals surface area contributed by atoms with Gasteiger partial charge in [0.05, 0.1) is 6.61 Å². The van der Waals surface area contributed by atoms with Crippen LogP contribution in [0.5, 0.6) is 0 Å². The number of carbonyl (C=O) groups excluding carboxylic acids is 1. The van der Waals surface area contributed by atoms with E-state index in [1.54, 1.807) is 6.92 Å². The third-order valence-electron chi connectivity index (χ3n) is 4.08. The van der Waals surface area contributed by atoms with Crippen molar-refractivity contribution in [3.8, 4) is 0 Å². The lowest BCUT2D eigenvalue weighted by atomic mass is 10.2. The highest BCUT2D eigenvalue weighted by atomic mass is 19.4. The Bertz CT molecular complexity index is 436. The Hall–Kier alpha value is -1.51. The molecule has 0 radical (unpaired) electrons. The van der Waals surface area contributed by atoms with Gasteiger partial charge in [-0.15, -0.1) is 0 Å². The molecule has 9 heteroatoms. The van der Waals surface area contributed by atoms with Crippen LogP contribution in [0.4, 0.5) is 13.2 Å². The summed E-state index contributed by atoms with van der Waals surface area (Å²) in [7, 11) is 0. The van der Waals surface area contributed by atoms with Gasteiger partial charge >= 0.3 is 12.1 Å². The number of piperazine rings is 1. The van der Waals surface area contributed by atoms with Gasteiger partial charge in [0.1, 0.15) is 6.04 Å². The van der Waals surface area contributed by atoms with Gasteiger partial charge in [0.25, 0.3) is 0 Å². The third-order valence-corrected chi connectivity index (χ3v) is 4.08. The van der Waals surface area contributed by atoms with E-state index in [9.17, 15) is 18.0 Å². The molecular formula is C16H29F3N4O2. The lowest BCUT2D eigenvalue weighted by molar-refractivity contribution is -0.181. The van der Waals surface area contributed by atoms with E-state index >= 15 is 0 Å². The lowest BCUT2D eigenvalue weighted by Gasteiger charge is -2.39. The molecule has 1 saturated heterocycles. The molecule has 146 valence electrons. The van der Waals surface area contributed by atoms with Gasteiger partial charge < -0.3 is 15.0 Å². The number of alkyl halides is 3. The Balaban J connectivity index is 2.49. The van der Waals surface area contributed by atoms with E-state index in [1.807, 2.05) is 11.8 Å². The summed E-state index contributed by atoms with van der Waals surface area (Å²) in [6.07, 6.45) is -3.31. The standard InChI is InChI=1S/C16H29F3N4O2/c1-4-20-15(21-8-6-7-14(24)25-5-2)23-11-9-22(10-12-23)13(3)16(17,18)19/h13H,4-12H2,1-3H3,(H,20,21). The van der Waals surface area contributed by atoms with Crippen molar-refractivity contribution < 1.29 is 22.7 Å². The zero-order valence-corrected chi connectivity index (χ0v) is 15.2. The quantitative estimate of drug-likeness (QED) is 0.323. The number of nitrogens with zero attached hydrogens (tertiary/aromatic N) is 3. The summed E-state index contributed by atoms with van der Waals surface area (Å²) in [6, 6.07) is -1.43. The van der Waals surface area contributed by atoms with Gasteiger partial charge in [0, 0.05) is 45.7 Å². The maximum atomic E-state index is 12.8. The molecule has 0 amide bonds. The van der Waals surface area contributed by atoms with Gasteiger partial charge in [0.15, 0.2) is 5.96 Å². The molecule has 0 aliphatic carbocycles. The van der Waals surface area contributed by atoms with Crippen molar-refractivity contribution in [3.63, 3.8) is 0 Å². The molecule has 1 atom stereocenters. The van der Waals surface area contributed by atoms with Gasteiger partial charge in [-0.05, 0) is 27.2 Å². The molecule has 1 aliphatic rings. The van der Waals surface area contributed by atoms with Crippen LogP contribution in [0.3, 0.4) is 0 Å². The molecule has 0 aromatic heterocycles. The fourth-order valence-electron chi connectivity index (χ4n) is 2.60. The molecule has 1 heterocycles. The van der Waals surface area contributed by atoms with Gasteiger partial charge in [-0.1, -0.05) is 0 Å². The minimum Gasteiger partial charge on any atom is -0.466 e. The first-order chi connectivity index (χ1) is 11.8. The Kier molecular flexibility index (Phi) is 9.02.